The van der Waals surface area contributed by atoms with Gasteiger partial charge in [-0.15, -0.1) is 0 Å². The average Bonchev–Trinajstić information content (AvgIpc) is 3.67. The Morgan fingerprint density at radius 1 is 1.00 bits per heavy atom. The van der Waals surface area contributed by atoms with Gasteiger partial charge in [-0.25, -0.2) is 9.59 Å². The van der Waals surface area contributed by atoms with Crippen LogP contribution in [0.15, 0.2) is 71.8 Å². The van der Waals surface area contributed by atoms with Crippen LogP contribution in [0.25, 0.3) is 0 Å². The number of anilines is 1. The Labute approximate surface area is 244 Å². The van der Waals surface area contributed by atoms with Crippen molar-refractivity contribution < 1.29 is 19.1 Å². The number of benzene rings is 3. The summed E-state index contributed by atoms with van der Waals surface area (Å²) in [5.74, 6) is -0.341. The summed E-state index contributed by atoms with van der Waals surface area (Å²) in [7, 11) is 0. The molecule has 0 radical (unpaired) electrons. The van der Waals surface area contributed by atoms with Gasteiger partial charge in [-0.3, -0.25) is 5.01 Å². The van der Waals surface area contributed by atoms with Crippen LogP contribution in [0.2, 0.25) is 5.02 Å². The van der Waals surface area contributed by atoms with Crippen molar-refractivity contribution in [3.63, 3.8) is 0 Å². The lowest BCUT2D eigenvalue weighted by atomic mass is 9.75. The van der Waals surface area contributed by atoms with Crippen LogP contribution in [0.3, 0.4) is 0 Å². The first-order valence-electron chi connectivity index (χ1n) is 14.1. The van der Waals surface area contributed by atoms with Crippen molar-refractivity contribution in [1.29, 1.82) is 5.26 Å². The minimum atomic E-state index is -0.593. The molecule has 0 aromatic heterocycles. The van der Waals surface area contributed by atoms with Gasteiger partial charge < -0.3 is 9.47 Å². The summed E-state index contributed by atoms with van der Waals surface area (Å²) < 4.78 is 10.5. The van der Waals surface area contributed by atoms with Crippen LogP contribution in [0.1, 0.15) is 64.7 Å². The summed E-state index contributed by atoms with van der Waals surface area (Å²) in [6, 6.07) is 22.8. The summed E-state index contributed by atoms with van der Waals surface area (Å²) in [6.07, 6.45) is 6.56. The highest BCUT2D eigenvalue weighted by atomic mass is 35.5. The van der Waals surface area contributed by atoms with Gasteiger partial charge in [0.05, 0.1) is 33.6 Å². The number of fused-ring (bicyclic) bond motifs is 3. The maximum atomic E-state index is 12.8. The Hall–Kier alpha value is -4.15. The second kappa shape index (κ2) is 11.8. The van der Waals surface area contributed by atoms with Crippen molar-refractivity contribution in [2.24, 2.45) is 16.9 Å². The number of nitriles is 1. The van der Waals surface area contributed by atoms with E-state index < -0.39 is 18.5 Å². The minimum Gasteiger partial charge on any atom is -0.458 e. The molecule has 0 saturated heterocycles. The molecule has 0 bridgehead atoms. The number of rotatable bonds is 7. The third kappa shape index (κ3) is 5.57. The maximum Gasteiger partial charge on any atom is 0.344 e. The van der Waals surface area contributed by atoms with Crippen LogP contribution in [-0.4, -0.2) is 30.3 Å². The molecule has 1 heterocycles. The fourth-order valence-corrected chi connectivity index (χ4v) is 6.64. The number of hydrogen-bond acceptors (Lipinski definition) is 7. The molecule has 7 nitrogen and oxygen atoms in total. The molecule has 6 rings (SSSR count). The maximum absolute atomic E-state index is 12.8. The number of carbonyl (C=O) groups is 2. The first kappa shape index (κ1) is 27.0. The number of aryl methyl sites for hydroxylation is 1. The highest BCUT2D eigenvalue weighted by Crippen LogP contribution is 2.45. The molecule has 3 aromatic carbocycles. The van der Waals surface area contributed by atoms with Gasteiger partial charge in [0.2, 0.25) is 0 Å². The predicted octanol–water partition coefficient (Wildman–Crippen LogP) is 6.46. The van der Waals surface area contributed by atoms with E-state index in [1.807, 2.05) is 54.6 Å². The van der Waals surface area contributed by atoms with Crippen LogP contribution in [0, 0.1) is 23.2 Å². The van der Waals surface area contributed by atoms with Crippen molar-refractivity contribution in [3.05, 3.63) is 99.6 Å². The molecule has 1 aliphatic heterocycles. The Bertz CT molecular complexity index is 1540. The van der Waals surface area contributed by atoms with Gasteiger partial charge in [0.15, 0.2) is 6.61 Å². The smallest absolute Gasteiger partial charge is 0.344 e. The number of ether oxygens (including phenoxy) is 2. The van der Waals surface area contributed by atoms with Crippen LogP contribution in [0.4, 0.5) is 5.69 Å². The van der Waals surface area contributed by atoms with E-state index in [-0.39, 0.29) is 18.6 Å². The van der Waals surface area contributed by atoms with E-state index >= 15 is 0 Å². The largest absolute Gasteiger partial charge is 0.458 e. The summed E-state index contributed by atoms with van der Waals surface area (Å²) in [6.45, 7) is -0.310. The summed E-state index contributed by atoms with van der Waals surface area (Å²) in [4.78, 5) is 24.9. The molecule has 8 heteroatoms. The Morgan fingerprint density at radius 2 is 1.80 bits per heavy atom. The van der Waals surface area contributed by atoms with Gasteiger partial charge in [-0.2, -0.15) is 10.4 Å². The molecule has 2 unspecified atom stereocenters. The minimum absolute atomic E-state index is 0.132. The summed E-state index contributed by atoms with van der Waals surface area (Å²) >= 11 is 6.42. The number of hydrogen-bond donors (Lipinski definition) is 0. The summed E-state index contributed by atoms with van der Waals surface area (Å²) in [5.41, 5.74) is 5.75. The fourth-order valence-electron chi connectivity index (χ4n) is 6.42. The molecular formula is C33H30ClN3O4. The molecule has 3 aromatic rings. The molecule has 0 spiro atoms. The van der Waals surface area contributed by atoms with Gasteiger partial charge in [-0.05, 0) is 73.1 Å². The van der Waals surface area contributed by atoms with Crippen molar-refractivity contribution in [2.75, 3.05) is 11.6 Å². The number of halogens is 1. The molecule has 1 saturated carbocycles. The second-order valence-corrected chi connectivity index (χ2v) is 11.3. The lowest BCUT2D eigenvalue weighted by Crippen LogP contribution is -2.40. The third-order valence-corrected chi connectivity index (χ3v) is 8.70. The molecule has 41 heavy (non-hydrogen) atoms. The van der Waals surface area contributed by atoms with Gasteiger partial charge in [0, 0.05) is 11.5 Å². The topological polar surface area (TPSA) is 92.0 Å². The van der Waals surface area contributed by atoms with E-state index in [9.17, 15) is 14.9 Å². The number of nitrogens with zero attached hydrogens (tertiary/aromatic N) is 3. The second-order valence-electron chi connectivity index (χ2n) is 10.9. The van der Waals surface area contributed by atoms with Crippen LogP contribution >= 0.6 is 11.6 Å². The average molecular weight is 568 g/mol. The quantitative estimate of drug-likeness (QED) is 0.304. The van der Waals surface area contributed by atoms with Crippen molar-refractivity contribution in [2.45, 2.75) is 51.2 Å². The van der Waals surface area contributed by atoms with Crippen LogP contribution in [-0.2, 0) is 27.3 Å². The summed E-state index contributed by atoms with van der Waals surface area (Å²) in [5, 5.41) is 17.0. The SMILES string of the molecule is N#Cc1ccc(N2N=C3c4ccc(C(=O)OCC(=O)OCc5ccccc5)cc4CCC3C2C2CCCC2)cc1Cl. The van der Waals surface area contributed by atoms with Gasteiger partial charge in [0.25, 0.3) is 0 Å². The molecule has 208 valence electrons. The lowest BCUT2D eigenvalue weighted by Gasteiger charge is -2.34. The van der Waals surface area contributed by atoms with Crippen molar-refractivity contribution >= 4 is 34.9 Å². The predicted molar refractivity (Wildman–Crippen MR) is 156 cm³/mol. The Balaban J connectivity index is 1.18. The standard InChI is InChI=1S/C33H30ClN3O4/c34-29-17-26(13-10-25(29)18-35)37-32(22-8-4-5-9-22)28-15-11-23-16-24(12-14-27(23)31(28)36-37)33(39)41-20-30(38)40-19-21-6-2-1-3-7-21/h1-3,6-7,10,12-14,16-17,22,28,32H,4-5,8-9,11,15,19-20H2. The van der Waals surface area contributed by atoms with E-state index in [4.69, 9.17) is 26.2 Å². The fraction of sp³-hybridized carbons (Fsp3) is 0.333. The van der Waals surface area contributed by atoms with E-state index in [1.54, 1.807) is 12.1 Å². The highest BCUT2D eigenvalue weighted by Gasteiger charge is 2.45. The molecular weight excluding hydrogens is 538 g/mol. The Morgan fingerprint density at radius 3 is 2.56 bits per heavy atom. The number of carbonyl (C=O) groups excluding carboxylic acids is 2. The van der Waals surface area contributed by atoms with Gasteiger partial charge >= 0.3 is 11.9 Å². The first-order valence-corrected chi connectivity index (χ1v) is 14.5. The molecule has 0 N–H and O–H groups in total. The van der Waals surface area contributed by atoms with E-state index in [0.29, 0.717) is 22.1 Å². The third-order valence-electron chi connectivity index (χ3n) is 8.39. The Kier molecular flexibility index (Phi) is 7.76. The zero-order valence-electron chi connectivity index (χ0n) is 22.6. The molecule has 0 amide bonds. The first-order chi connectivity index (χ1) is 20.0. The zero-order chi connectivity index (χ0) is 28.3. The monoisotopic (exact) mass is 567 g/mol. The van der Waals surface area contributed by atoms with Crippen molar-refractivity contribution in [1.82, 2.24) is 0 Å². The van der Waals surface area contributed by atoms with Crippen LogP contribution < -0.4 is 5.01 Å². The van der Waals surface area contributed by atoms with E-state index in [1.165, 1.54) is 25.7 Å². The number of esters is 2. The molecule has 3 aliphatic rings. The normalized spacial score (nSPS) is 19.6. The van der Waals surface area contributed by atoms with Crippen molar-refractivity contribution in [3.8, 4) is 6.07 Å². The van der Waals surface area contributed by atoms with Crippen LogP contribution in [0.5, 0.6) is 0 Å². The van der Waals surface area contributed by atoms with Gasteiger partial charge in [-0.1, -0.05) is 60.8 Å². The van der Waals surface area contributed by atoms with E-state index in [0.717, 1.165) is 40.9 Å². The molecule has 1 fully saturated rings. The van der Waals surface area contributed by atoms with Gasteiger partial charge in [0.1, 0.15) is 12.7 Å². The highest BCUT2D eigenvalue weighted by molar-refractivity contribution is 6.32. The number of hydrazone groups is 1. The molecule has 2 aliphatic carbocycles. The lowest BCUT2D eigenvalue weighted by molar-refractivity contribution is -0.148. The zero-order valence-corrected chi connectivity index (χ0v) is 23.3. The van der Waals surface area contributed by atoms with E-state index in [2.05, 4.69) is 11.1 Å². The molecule has 2 atom stereocenters.